The van der Waals surface area contributed by atoms with E-state index in [0.717, 1.165) is 11.3 Å². The van der Waals surface area contributed by atoms with Crippen molar-refractivity contribution in [3.8, 4) is 0 Å². The predicted molar refractivity (Wildman–Crippen MR) is 111 cm³/mol. The number of aromatic nitrogens is 2. The van der Waals surface area contributed by atoms with Gasteiger partial charge in [-0.15, -0.1) is 11.3 Å². The van der Waals surface area contributed by atoms with Crippen molar-refractivity contribution in [3.05, 3.63) is 56.9 Å². The van der Waals surface area contributed by atoms with Gasteiger partial charge in [-0.2, -0.15) is 0 Å². The van der Waals surface area contributed by atoms with E-state index >= 15 is 0 Å². The Balaban J connectivity index is 1.89. The Hall–Kier alpha value is -2.03. The molecule has 28 heavy (non-hydrogen) atoms. The molecule has 3 aromatic rings. The molecule has 0 radical (unpaired) electrons. The first-order valence-electron chi connectivity index (χ1n) is 8.97. The van der Waals surface area contributed by atoms with E-state index in [2.05, 4.69) is 4.98 Å². The van der Waals surface area contributed by atoms with E-state index < -0.39 is 5.82 Å². The van der Waals surface area contributed by atoms with Crippen LogP contribution in [0.4, 0.5) is 4.39 Å². The number of hydrogen-bond donors (Lipinski definition) is 0. The monoisotopic (exact) mass is 420 g/mol. The number of aryl methyl sites for hydroxylation is 1. The van der Waals surface area contributed by atoms with E-state index in [9.17, 15) is 14.0 Å². The highest BCUT2D eigenvalue weighted by Gasteiger charge is 2.16. The number of ether oxygens (including phenoxy) is 1. The van der Waals surface area contributed by atoms with Crippen LogP contribution in [0.3, 0.4) is 0 Å². The number of carbonyl (C=O) groups is 1. The number of benzene rings is 1. The number of ketones is 1. The molecule has 2 aromatic heterocycles. The second kappa shape index (κ2) is 9.45. The number of fused-ring (bicyclic) bond motifs is 1. The highest BCUT2D eigenvalue weighted by atomic mass is 32.2. The largest absolute Gasteiger partial charge is 0.385 e. The van der Waals surface area contributed by atoms with Gasteiger partial charge in [-0.3, -0.25) is 14.2 Å². The summed E-state index contributed by atoms with van der Waals surface area (Å²) >= 11 is 2.70. The Labute approximate surface area is 170 Å². The van der Waals surface area contributed by atoms with Gasteiger partial charge in [-0.25, -0.2) is 9.37 Å². The minimum Gasteiger partial charge on any atom is -0.385 e. The van der Waals surface area contributed by atoms with Gasteiger partial charge in [0.25, 0.3) is 5.56 Å². The summed E-state index contributed by atoms with van der Waals surface area (Å²) in [7, 11) is 1.62. The minimum atomic E-state index is -0.447. The standard InChI is InChI=1S/C20H21FN2O3S2/c1-3-15-11-16-18(28-15)22-20(23(19(16)25)8-5-9-26-2)27-12-17(24)13-6-4-7-14(21)10-13/h4,6-7,10-11H,3,5,8-9,12H2,1-2H3. The molecule has 0 spiro atoms. The maximum atomic E-state index is 13.4. The fraction of sp³-hybridized carbons (Fsp3) is 0.350. The van der Waals surface area contributed by atoms with Gasteiger partial charge in [0.05, 0.1) is 11.1 Å². The van der Waals surface area contributed by atoms with Crippen LogP contribution in [0.25, 0.3) is 10.2 Å². The van der Waals surface area contributed by atoms with E-state index in [-0.39, 0.29) is 17.1 Å². The third-order valence-corrected chi connectivity index (χ3v) is 6.37. The first-order valence-corrected chi connectivity index (χ1v) is 10.8. The number of rotatable bonds is 9. The molecule has 0 aliphatic rings. The van der Waals surface area contributed by atoms with Crippen LogP contribution in [-0.4, -0.2) is 34.8 Å². The number of halogens is 1. The van der Waals surface area contributed by atoms with Gasteiger partial charge in [0.2, 0.25) is 0 Å². The molecular weight excluding hydrogens is 399 g/mol. The van der Waals surface area contributed by atoms with Crippen molar-refractivity contribution in [1.29, 1.82) is 0 Å². The molecule has 2 heterocycles. The normalized spacial score (nSPS) is 11.2. The van der Waals surface area contributed by atoms with Crippen LogP contribution in [0, 0.1) is 5.82 Å². The zero-order valence-electron chi connectivity index (χ0n) is 15.7. The van der Waals surface area contributed by atoms with E-state index in [0.29, 0.717) is 40.5 Å². The zero-order valence-corrected chi connectivity index (χ0v) is 17.4. The van der Waals surface area contributed by atoms with Crippen molar-refractivity contribution in [3.63, 3.8) is 0 Å². The lowest BCUT2D eigenvalue weighted by Crippen LogP contribution is -2.24. The summed E-state index contributed by atoms with van der Waals surface area (Å²) in [6.45, 7) is 3.03. The number of thioether (sulfide) groups is 1. The van der Waals surface area contributed by atoms with Crippen molar-refractivity contribution in [2.75, 3.05) is 19.5 Å². The molecule has 0 atom stereocenters. The first-order chi connectivity index (χ1) is 13.5. The molecule has 0 saturated carbocycles. The molecular formula is C20H21FN2O3S2. The van der Waals surface area contributed by atoms with Gasteiger partial charge < -0.3 is 4.74 Å². The van der Waals surface area contributed by atoms with Crippen molar-refractivity contribution < 1.29 is 13.9 Å². The van der Waals surface area contributed by atoms with Gasteiger partial charge >= 0.3 is 0 Å². The first kappa shape index (κ1) is 20.7. The molecule has 0 N–H and O–H groups in total. The van der Waals surface area contributed by atoms with Gasteiger partial charge in [-0.1, -0.05) is 30.8 Å². The highest BCUT2D eigenvalue weighted by molar-refractivity contribution is 7.99. The van der Waals surface area contributed by atoms with Crippen LogP contribution in [0.2, 0.25) is 0 Å². The van der Waals surface area contributed by atoms with E-state index in [4.69, 9.17) is 4.74 Å². The third kappa shape index (κ3) is 4.68. The van der Waals surface area contributed by atoms with E-state index in [1.165, 1.54) is 41.3 Å². The molecule has 0 fully saturated rings. The molecule has 0 aliphatic heterocycles. The van der Waals surface area contributed by atoms with Gasteiger partial charge in [0.15, 0.2) is 10.9 Å². The number of nitrogens with zero attached hydrogens (tertiary/aromatic N) is 2. The lowest BCUT2D eigenvalue weighted by atomic mass is 10.1. The second-order valence-corrected chi connectivity index (χ2v) is 8.26. The van der Waals surface area contributed by atoms with Crippen LogP contribution in [0.1, 0.15) is 28.6 Å². The van der Waals surface area contributed by atoms with Crippen LogP contribution < -0.4 is 5.56 Å². The minimum absolute atomic E-state index is 0.0810. The van der Waals surface area contributed by atoms with Gasteiger partial charge in [-0.05, 0) is 31.0 Å². The molecule has 1 aromatic carbocycles. The number of hydrogen-bond acceptors (Lipinski definition) is 6. The highest BCUT2D eigenvalue weighted by Crippen LogP contribution is 2.25. The average Bonchev–Trinajstić information content (AvgIpc) is 3.11. The third-order valence-electron chi connectivity index (χ3n) is 4.22. The van der Waals surface area contributed by atoms with Crippen molar-refractivity contribution >= 4 is 39.1 Å². The predicted octanol–water partition coefficient (Wildman–Crippen LogP) is 4.17. The summed E-state index contributed by atoms with van der Waals surface area (Å²) < 4.78 is 20.1. The van der Waals surface area contributed by atoms with Gasteiger partial charge in [0, 0.05) is 30.7 Å². The molecule has 0 unspecified atom stereocenters. The summed E-state index contributed by atoms with van der Waals surface area (Å²) in [6, 6.07) is 7.51. The Bertz CT molecular complexity index is 1050. The molecule has 3 rings (SSSR count). The average molecular weight is 421 g/mol. The lowest BCUT2D eigenvalue weighted by molar-refractivity contribution is 0.102. The van der Waals surface area contributed by atoms with E-state index in [1.54, 1.807) is 17.7 Å². The lowest BCUT2D eigenvalue weighted by Gasteiger charge is -2.11. The molecule has 8 heteroatoms. The van der Waals surface area contributed by atoms with Crippen molar-refractivity contribution in [2.24, 2.45) is 0 Å². The molecule has 5 nitrogen and oxygen atoms in total. The molecule has 0 aliphatic carbocycles. The Morgan fingerprint density at radius 1 is 1.36 bits per heavy atom. The smallest absolute Gasteiger partial charge is 0.262 e. The number of carbonyl (C=O) groups excluding carboxylic acids is 1. The number of methoxy groups -OCH3 is 1. The summed E-state index contributed by atoms with van der Waals surface area (Å²) in [5, 5.41) is 1.11. The Kier molecular flexibility index (Phi) is 6.98. The number of thiophene rings is 1. The van der Waals surface area contributed by atoms with Crippen LogP contribution >= 0.6 is 23.1 Å². The zero-order chi connectivity index (χ0) is 20.1. The molecule has 148 valence electrons. The maximum Gasteiger partial charge on any atom is 0.262 e. The fourth-order valence-corrected chi connectivity index (χ4v) is 4.70. The summed E-state index contributed by atoms with van der Waals surface area (Å²) in [5.74, 6) is -0.571. The van der Waals surface area contributed by atoms with E-state index in [1.807, 2.05) is 13.0 Å². The second-order valence-electron chi connectivity index (χ2n) is 6.20. The summed E-state index contributed by atoms with van der Waals surface area (Å²) in [5.41, 5.74) is 0.212. The maximum absolute atomic E-state index is 13.4. The summed E-state index contributed by atoms with van der Waals surface area (Å²) in [6.07, 6.45) is 1.50. The SMILES string of the molecule is CCc1cc2c(=O)n(CCCOC)c(SCC(=O)c3cccc(F)c3)nc2s1. The molecule has 0 amide bonds. The van der Waals surface area contributed by atoms with Crippen LogP contribution in [-0.2, 0) is 17.7 Å². The summed E-state index contributed by atoms with van der Waals surface area (Å²) in [4.78, 5) is 31.8. The number of Topliss-reactive ketones (excluding diaryl/α,β-unsaturated/α-hetero) is 1. The van der Waals surface area contributed by atoms with Gasteiger partial charge in [0.1, 0.15) is 10.6 Å². The van der Waals surface area contributed by atoms with Crippen molar-refractivity contribution in [1.82, 2.24) is 9.55 Å². The topological polar surface area (TPSA) is 61.2 Å². The quantitative estimate of drug-likeness (QED) is 0.225. The Morgan fingerprint density at radius 3 is 2.89 bits per heavy atom. The van der Waals surface area contributed by atoms with Crippen LogP contribution in [0.5, 0.6) is 0 Å². The molecule has 0 bridgehead atoms. The molecule has 0 saturated heterocycles. The fourth-order valence-electron chi connectivity index (χ4n) is 2.77. The Morgan fingerprint density at radius 2 is 2.18 bits per heavy atom. The van der Waals surface area contributed by atoms with Crippen LogP contribution in [0.15, 0.2) is 40.3 Å². The van der Waals surface area contributed by atoms with Crippen molar-refractivity contribution in [2.45, 2.75) is 31.5 Å².